The van der Waals surface area contributed by atoms with Crippen LogP contribution in [0, 0.1) is 24.1 Å². The van der Waals surface area contributed by atoms with E-state index in [-0.39, 0.29) is 11.9 Å². The summed E-state index contributed by atoms with van der Waals surface area (Å²) >= 11 is 0. The summed E-state index contributed by atoms with van der Waals surface area (Å²) < 4.78 is 24.9. The molecule has 1 N–H and O–H groups in total. The Balaban J connectivity index is 1.56. The molecule has 3 aromatic rings. The molecule has 0 radical (unpaired) electrons. The number of fused-ring (bicyclic) bond motifs is 1. The monoisotopic (exact) mass is 420 g/mol. The SMILES string of the molecule is COc1cc(NC2CCN(c3c(C#N)cnc4c(C)cc(F)cc34)CC2)cc(OC)c1. The highest BCUT2D eigenvalue weighted by Crippen LogP contribution is 2.34. The third-order valence-electron chi connectivity index (χ3n) is 5.75. The molecule has 1 aliphatic heterocycles. The van der Waals surface area contributed by atoms with Crippen LogP contribution >= 0.6 is 0 Å². The van der Waals surface area contributed by atoms with Crippen molar-refractivity contribution in [3.8, 4) is 17.6 Å². The Kier molecular flexibility index (Phi) is 5.81. The van der Waals surface area contributed by atoms with Crippen LogP contribution in [0.5, 0.6) is 11.5 Å². The summed E-state index contributed by atoms with van der Waals surface area (Å²) in [5.41, 5.74) is 3.70. The predicted octanol–water partition coefficient (Wildman–Crippen LogP) is 4.65. The van der Waals surface area contributed by atoms with Gasteiger partial charge in [0, 0.05) is 54.6 Å². The number of aryl methyl sites for hydroxylation is 1. The van der Waals surface area contributed by atoms with Gasteiger partial charge < -0.3 is 19.7 Å². The lowest BCUT2D eigenvalue weighted by Crippen LogP contribution is -2.39. The minimum Gasteiger partial charge on any atom is -0.497 e. The van der Waals surface area contributed by atoms with Crippen molar-refractivity contribution < 1.29 is 13.9 Å². The van der Waals surface area contributed by atoms with Crippen molar-refractivity contribution in [1.82, 2.24) is 4.98 Å². The van der Waals surface area contributed by atoms with Crippen molar-refractivity contribution in [2.24, 2.45) is 0 Å². The number of nitriles is 1. The lowest BCUT2D eigenvalue weighted by atomic mass is 10.00. The molecule has 1 aromatic heterocycles. The quantitative estimate of drug-likeness (QED) is 0.648. The molecule has 2 aromatic carbocycles. The summed E-state index contributed by atoms with van der Waals surface area (Å²) in [6.07, 6.45) is 3.35. The van der Waals surface area contributed by atoms with Gasteiger partial charge in [0.1, 0.15) is 23.4 Å². The van der Waals surface area contributed by atoms with E-state index in [0.29, 0.717) is 10.9 Å². The highest BCUT2D eigenvalue weighted by atomic mass is 19.1. The molecule has 4 rings (SSSR count). The van der Waals surface area contributed by atoms with Crippen molar-refractivity contribution in [3.05, 3.63) is 53.5 Å². The fourth-order valence-corrected chi connectivity index (χ4v) is 4.22. The van der Waals surface area contributed by atoms with Gasteiger partial charge in [-0.2, -0.15) is 5.26 Å². The van der Waals surface area contributed by atoms with Gasteiger partial charge in [-0.25, -0.2) is 4.39 Å². The molecular weight excluding hydrogens is 395 g/mol. The highest BCUT2D eigenvalue weighted by Gasteiger charge is 2.24. The van der Waals surface area contributed by atoms with Gasteiger partial charge in [-0.05, 0) is 37.5 Å². The number of hydrogen-bond acceptors (Lipinski definition) is 6. The number of nitrogens with zero attached hydrogens (tertiary/aromatic N) is 3. The van der Waals surface area contributed by atoms with Gasteiger partial charge in [-0.3, -0.25) is 4.98 Å². The Morgan fingerprint density at radius 3 is 2.39 bits per heavy atom. The molecule has 0 saturated carbocycles. The van der Waals surface area contributed by atoms with E-state index in [1.807, 2.05) is 25.1 Å². The van der Waals surface area contributed by atoms with Gasteiger partial charge in [-0.15, -0.1) is 0 Å². The molecular formula is C24H25FN4O2. The maximum absolute atomic E-state index is 14.1. The molecule has 160 valence electrons. The minimum absolute atomic E-state index is 0.269. The number of halogens is 1. The summed E-state index contributed by atoms with van der Waals surface area (Å²) in [6.45, 7) is 3.34. The first-order valence-corrected chi connectivity index (χ1v) is 10.3. The van der Waals surface area contributed by atoms with E-state index in [4.69, 9.17) is 9.47 Å². The largest absolute Gasteiger partial charge is 0.497 e. The summed E-state index contributed by atoms with van der Waals surface area (Å²) in [5.74, 6) is 1.16. The molecule has 2 heterocycles. The van der Waals surface area contributed by atoms with Crippen LogP contribution in [-0.2, 0) is 0 Å². The number of nitrogens with one attached hydrogen (secondary N) is 1. The number of aromatic nitrogens is 1. The molecule has 1 fully saturated rings. The second-order valence-corrected chi connectivity index (χ2v) is 7.76. The molecule has 0 spiro atoms. The van der Waals surface area contributed by atoms with Crippen molar-refractivity contribution in [3.63, 3.8) is 0 Å². The Morgan fingerprint density at radius 2 is 1.77 bits per heavy atom. The number of methoxy groups -OCH3 is 2. The number of hydrogen-bond donors (Lipinski definition) is 1. The predicted molar refractivity (Wildman–Crippen MR) is 120 cm³/mol. The average Bonchev–Trinajstić information content (AvgIpc) is 2.78. The molecule has 0 atom stereocenters. The number of pyridine rings is 1. The summed E-state index contributed by atoms with van der Waals surface area (Å²) in [4.78, 5) is 6.57. The van der Waals surface area contributed by atoms with Gasteiger partial charge in [0.2, 0.25) is 0 Å². The van der Waals surface area contributed by atoms with Crippen molar-refractivity contribution >= 4 is 22.3 Å². The molecule has 0 aliphatic carbocycles. The topological polar surface area (TPSA) is 70.4 Å². The van der Waals surface area contributed by atoms with E-state index >= 15 is 0 Å². The van der Waals surface area contributed by atoms with Gasteiger partial charge >= 0.3 is 0 Å². The fourth-order valence-electron chi connectivity index (χ4n) is 4.22. The molecule has 6 nitrogen and oxygen atoms in total. The first-order valence-electron chi connectivity index (χ1n) is 10.3. The second kappa shape index (κ2) is 8.68. The van der Waals surface area contributed by atoms with Gasteiger partial charge in [0.25, 0.3) is 0 Å². The number of anilines is 2. The summed E-state index contributed by atoms with van der Waals surface area (Å²) in [6, 6.07) is 11.2. The third kappa shape index (κ3) is 4.19. The normalized spacial score (nSPS) is 14.4. The van der Waals surface area contributed by atoms with Crippen LogP contribution in [0.25, 0.3) is 10.9 Å². The van der Waals surface area contributed by atoms with Crippen LogP contribution in [0.1, 0.15) is 24.0 Å². The zero-order valence-electron chi connectivity index (χ0n) is 17.9. The van der Waals surface area contributed by atoms with Crippen molar-refractivity contribution in [2.75, 3.05) is 37.5 Å². The lowest BCUT2D eigenvalue weighted by molar-refractivity contribution is 0.394. The maximum atomic E-state index is 14.1. The van der Waals surface area contributed by atoms with E-state index in [1.54, 1.807) is 20.4 Å². The number of rotatable bonds is 5. The Morgan fingerprint density at radius 1 is 1.10 bits per heavy atom. The Hall–Kier alpha value is -3.53. The maximum Gasteiger partial charge on any atom is 0.124 e. The molecule has 31 heavy (non-hydrogen) atoms. The smallest absolute Gasteiger partial charge is 0.124 e. The second-order valence-electron chi connectivity index (χ2n) is 7.76. The molecule has 0 unspecified atom stereocenters. The van der Waals surface area contributed by atoms with E-state index in [9.17, 15) is 9.65 Å². The summed E-state index contributed by atoms with van der Waals surface area (Å²) in [7, 11) is 3.26. The van der Waals surface area contributed by atoms with E-state index in [2.05, 4.69) is 21.3 Å². The number of ether oxygens (including phenoxy) is 2. The average molecular weight is 420 g/mol. The minimum atomic E-state index is -0.313. The van der Waals surface area contributed by atoms with Crippen LogP contribution in [-0.4, -0.2) is 38.3 Å². The first-order chi connectivity index (χ1) is 15.0. The molecule has 0 amide bonds. The van der Waals surface area contributed by atoms with E-state index in [1.165, 1.54) is 12.1 Å². The molecule has 7 heteroatoms. The van der Waals surface area contributed by atoms with Gasteiger partial charge in [0.15, 0.2) is 0 Å². The van der Waals surface area contributed by atoms with Crippen molar-refractivity contribution in [2.45, 2.75) is 25.8 Å². The fraction of sp³-hybridized carbons (Fsp3) is 0.333. The Bertz CT molecular complexity index is 1130. The zero-order valence-corrected chi connectivity index (χ0v) is 17.9. The molecule has 1 saturated heterocycles. The van der Waals surface area contributed by atoms with Crippen LogP contribution in [0.15, 0.2) is 36.5 Å². The zero-order chi connectivity index (χ0) is 22.0. The number of benzene rings is 2. The van der Waals surface area contributed by atoms with Gasteiger partial charge in [0.05, 0.1) is 31.0 Å². The Labute approximate surface area is 181 Å². The van der Waals surface area contributed by atoms with Crippen LogP contribution in [0.4, 0.5) is 15.8 Å². The van der Waals surface area contributed by atoms with Crippen molar-refractivity contribution in [1.29, 1.82) is 5.26 Å². The number of piperidine rings is 1. The standard InChI is InChI=1S/C24H25FN4O2/c1-15-8-17(25)9-22-23(15)27-14-16(13-26)24(22)29-6-4-18(5-7-29)28-19-10-20(30-2)12-21(11-19)31-3/h8-12,14,18,28H,4-7H2,1-3H3. The van der Waals surface area contributed by atoms with Gasteiger partial charge in [-0.1, -0.05) is 0 Å². The third-order valence-corrected chi connectivity index (χ3v) is 5.75. The van der Waals surface area contributed by atoms with Crippen LogP contribution in [0.3, 0.4) is 0 Å². The lowest BCUT2D eigenvalue weighted by Gasteiger charge is -2.35. The first kappa shape index (κ1) is 20.7. The molecule has 1 aliphatic rings. The van der Waals surface area contributed by atoms with Crippen LogP contribution < -0.4 is 19.7 Å². The van der Waals surface area contributed by atoms with E-state index < -0.39 is 0 Å². The highest BCUT2D eigenvalue weighted by molar-refractivity contribution is 5.96. The van der Waals surface area contributed by atoms with E-state index in [0.717, 1.165) is 59.9 Å². The summed E-state index contributed by atoms with van der Waals surface area (Å²) in [5, 5.41) is 13.9. The van der Waals surface area contributed by atoms with Crippen LogP contribution in [0.2, 0.25) is 0 Å². The molecule has 0 bridgehead atoms.